The van der Waals surface area contributed by atoms with Crippen molar-refractivity contribution in [2.75, 3.05) is 0 Å². The van der Waals surface area contributed by atoms with E-state index >= 15 is 0 Å². The summed E-state index contributed by atoms with van der Waals surface area (Å²) in [4.78, 5) is 15.4. The third-order valence-electron chi connectivity index (χ3n) is 3.80. The molecule has 0 radical (unpaired) electrons. The van der Waals surface area contributed by atoms with Crippen molar-refractivity contribution in [1.82, 2.24) is 4.98 Å². The second-order valence-electron chi connectivity index (χ2n) is 4.87. The van der Waals surface area contributed by atoms with Crippen molar-refractivity contribution in [3.8, 4) is 0 Å². The highest BCUT2D eigenvalue weighted by Crippen LogP contribution is 2.38. The van der Waals surface area contributed by atoms with Crippen LogP contribution in [-0.2, 0) is 0 Å². The number of H-pyrrole nitrogens is 1. The summed E-state index contributed by atoms with van der Waals surface area (Å²) in [6.45, 7) is 8.19. The number of carbonyl (C=O) groups is 1. The van der Waals surface area contributed by atoms with Crippen LogP contribution in [0.3, 0.4) is 0 Å². The minimum absolute atomic E-state index is 0.196. The van der Waals surface area contributed by atoms with E-state index in [-0.39, 0.29) is 5.92 Å². The van der Waals surface area contributed by atoms with Crippen molar-refractivity contribution >= 4 is 5.78 Å². The van der Waals surface area contributed by atoms with Crippen LogP contribution in [0.4, 0.5) is 0 Å². The first-order valence-corrected chi connectivity index (χ1v) is 5.72. The van der Waals surface area contributed by atoms with Crippen LogP contribution in [0.5, 0.6) is 0 Å². The molecule has 1 N–H and O–H groups in total. The van der Waals surface area contributed by atoms with E-state index in [2.05, 4.69) is 18.8 Å². The zero-order valence-corrected chi connectivity index (χ0v) is 9.98. The first kappa shape index (κ1) is 10.5. The summed E-state index contributed by atoms with van der Waals surface area (Å²) in [6, 6.07) is 0. The van der Waals surface area contributed by atoms with Crippen molar-refractivity contribution in [2.45, 2.75) is 40.5 Å². The fourth-order valence-electron chi connectivity index (χ4n) is 2.13. The molecule has 1 aliphatic rings. The zero-order chi connectivity index (χ0) is 11.2. The number of nitrogens with one attached hydrogen (secondary N) is 1. The molecular formula is C13H19NO. The molecule has 0 aromatic carbocycles. The molecule has 1 atom stereocenters. The van der Waals surface area contributed by atoms with E-state index in [1.807, 2.05) is 13.8 Å². The molecule has 15 heavy (non-hydrogen) atoms. The lowest BCUT2D eigenvalue weighted by Crippen LogP contribution is -2.14. The molecule has 0 aliphatic heterocycles. The molecule has 2 heteroatoms. The highest BCUT2D eigenvalue weighted by atomic mass is 16.1. The number of aromatic nitrogens is 1. The minimum Gasteiger partial charge on any atom is -0.356 e. The molecule has 1 aromatic heterocycles. The van der Waals surface area contributed by atoms with E-state index in [1.165, 1.54) is 18.4 Å². The monoisotopic (exact) mass is 205 g/mol. The Morgan fingerprint density at radius 3 is 2.27 bits per heavy atom. The highest BCUT2D eigenvalue weighted by Gasteiger charge is 2.34. The Morgan fingerprint density at radius 2 is 1.87 bits per heavy atom. The van der Waals surface area contributed by atoms with E-state index < -0.39 is 0 Å². The number of Topliss-reactive ketones (excluding diaryl/α,β-unsaturated/α-hetero) is 1. The standard InChI is InChI=1S/C13H19NO/c1-7-8(2)12(14-10(7)4)13(15)9(3)11-5-6-11/h9,11,14H,5-6H2,1-4H3. The highest BCUT2D eigenvalue weighted by molar-refractivity contribution is 5.98. The van der Waals surface area contributed by atoms with Crippen molar-refractivity contribution in [3.05, 3.63) is 22.5 Å². The van der Waals surface area contributed by atoms with Crippen LogP contribution in [0.25, 0.3) is 0 Å². The molecule has 82 valence electrons. The SMILES string of the molecule is Cc1[nH]c(C(=O)C(C)C2CC2)c(C)c1C. The molecular weight excluding hydrogens is 186 g/mol. The van der Waals surface area contributed by atoms with Gasteiger partial charge in [-0.05, 0) is 50.7 Å². The van der Waals surface area contributed by atoms with Gasteiger partial charge < -0.3 is 4.98 Å². The van der Waals surface area contributed by atoms with Crippen LogP contribution in [0, 0.1) is 32.6 Å². The first-order chi connectivity index (χ1) is 7.02. The van der Waals surface area contributed by atoms with Gasteiger partial charge in [-0.3, -0.25) is 4.79 Å². The van der Waals surface area contributed by atoms with Gasteiger partial charge in [-0.2, -0.15) is 0 Å². The number of hydrogen-bond donors (Lipinski definition) is 1. The Hall–Kier alpha value is -1.05. The average Bonchev–Trinajstić information content (AvgIpc) is 3.01. The summed E-state index contributed by atoms with van der Waals surface area (Å²) < 4.78 is 0. The molecule has 1 saturated carbocycles. The molecule has 2 nitrogen and oxygen atoms in total. The summed E-state index contributed by atoms with van der Waals surface area (Å²) in [5.41, 5.74) is 4.31. The third kappa shape index (κ3) is 1.73. The lowest BCUT2D eigenvalue weighted by Gasteiger charge is -2.08. The largest absolute Gasteiger partial charge is 0.356 e. The lowest BCUT2D eigenvalue weighted by molar-refractivity contribution is 0.0911. The van der Waals surface area contributed by atoms with Gasteiger partial charge in [0.05, 0.1) is 5.69 Å². The van der Waals surface area contributed by atoms with Crippen LogP contribution in [0.1, 0.15) is 47.1 Å². The number of carbonyl (C=O) groups excluding carboxylic acids is 1. The van der Waals surface area contributed by atoms with E-state index in [0.717, 1.165) is 17.0 Å². The van der Waals surface area contributed by atoms with Gasteiger partial charge in [-0.1, -0.05) is 6.92 Å². The van der Waals surface area contributed by atoms with E-state index in [9.17, 15) is 4.79 Å². The van der Waals surface area contributed by atoms with Gasteiger partial charge in [0.2, 0.25) is 0 Å². The van der Waals surface area contributed by atoms with E-state index in [1.54, 1.807) is 0 Å². The molecule has 0 saturated heterocycles. The molecule has 1 aliphatic carbocycles. The normalized spacial score (nSPS) is 17.9. The molecule has 1 fully saturated rings. The number of ketones is 1. The summed E-state index contributed by atoms with van der Waals surface area (Å²) in [5.74, 6) is 1.13. The summed E-state index contributed by atoms with van der Waals surface area (Å²) in [5, 5.41) is 0. The van der Waals surface area contributed by atoms with Crippen molar-refractivity contribution in [2.24, 2.45) is 11.8 Å². The predicted octanol–water partition coefficient (Wildman–Crippen LogP) is 3.17. The quantitative estimate of drug-likeness (QED) is 0.755. The Balaban J connectivity index is 2.28. The molecule has 1 aromatic rings. The smallest absolute Gasteiger partial charge is 0.182 e. The average molecular weight is 205 g/mol. The summed E-state index contributed by atoms with van der Waals surface area (Å²) in [7, 11) is 0. The first-order valence-electron chi connectivity index (χ1n) is 5.72. The Labute approximate surface area is 91.1 Å². The fourth-order valence-corrected chi connectivity index (χ4v) is 2.13. The van der Waals surface area contributed by atoms with E-state index in [4.69, 9.17) is 0 Å². The number of rotatable bonds is 3. The predicted molar refractivity (Wildman–Crippen MR) is 61.2 cm³/mol. The van der Waals surface area contributed by atoms with Crippen LogP contribution >= 0.6 is 0 Å². The van der Waals surface area contributed by atoms with Crippen molar-refractivity contribution < 1.29 is 4.79 Å². The van der Waals surface area contributed by atoms with Gasteiger partial charge >= 0.3 is 0 Å². The van der Waals surface area contributed by atoms with Gasteiger partial charge in [-0.25, -0.2) is 0 Å². The second-order valence-corrected chi connectivity index (χ2v) is 4.87. The maximum absolute atomic E-state index is 12.2. The van der Waals surface area contributed by atoms with Crippen molar-refractivity contribution in [3.63, 3.8) is 0 Å². The van der Waals surface area contributed by atoms with E-state index in [0.29, 0.717) is 11.7 Å². The maximum Gasteiger partial charge on any atom is 0.182 e. The van der Waals surface area contributed by atoms with Crippen LogP contribution in [0.2, 0.25) is 0 Å². The van der Waals surface area contributed by atoms with Crippen LogP contribution < -0.4 is 0 Å². The molecule has 1 unspecified atom stereocenters. The van der Waals surface area contributed by atoms with Crippen LogP contribution in [-0.4, -0.2) is 10.8 Å². The molecule has 2 rings (SSSR count). The number of aromatic amines is 1. The summed E-state index contributed by atoms with van der Waals surface area (Å²) in [6.07, 6.45) is 2.45. The van der Waals surface area contributed by atoms with Gasteiger partial charge in [0, 0.05) is 11.6 Å². The molecule has 0 amide bonds. The number of aryl methyl sites for hydroxylation is 1. The summed E-state index contributed by atoms with van der Waals surface area (Å²) >= 11 is 0. The zero-order valence-electron chi connectivity index (χ0n) is 9.98. The molecule has 0 spiro atoms. The van der Waals surface area contributed by atoms with Gasteiger partial charge in [0.25, 0.3) is 0 Å². The third-order valence-corrected chi connectivity index (χ3v) is 3.80. The number of hydrogen-bond acceptors (Lipinski definition) is 1. The maximum atomic E-state index is 12.2. The fraction of sp³-hybridized carbons (Fsp3) is 0.615. The molecule has 1 heterocycles. The molecule has 0 bridgehead atoms. The Morgan fingerprint density at radius 1 is 1.27 bits per heavy atom. The van der Waals surface area contributed by atoms with Crippen molar-refractivity contribution in [1.29, 1.82) is 0 Å². The van der Waals surface area contributed by atoms with Gasteiger partial charge in [-0.15, -0.1) is 0 Å². The topological polar surface area (TPSA) is 32.9 Å². The van der Waals surface area contributed by atoms with Crippen LogP contribution in [0.15, 0.2) is 0 Å². The Kier molecular flexibility index (Phi) is 2.45. The van der Waals surface area contributed by atoms with Gasteiger partial charge in [0.1, 0.15) is 0 Å². The Bertz CT molecular complexity index is 399. The van der Waals surface area contributed by atoms with Gasteiger partial charge in [0.15, 0.2) is 5.78 Å². The second kappa shape index (κ2) is 3.51. The lowest BCUT2D eigenvalue weighted by atomic mass is 9.96. The minimum atomic E-state index is 0.196.